The zero-order valence-electron chi connectivity index (χ0n) is 13.3. The van der Waals surface area contributed by atoms with Gasteiger partial charge < -0.3 is 13.6 Å². The summed E-state index contributed by atoms with van der Waals surface area (Å²) in [6.07, 6.45) is 2.91. The third kappa shape index (κ3) is 10.9. The van der Waals surface area contributed by atoms with Crippen LogP contribution in [-0.4, -0.2) is 42.3 Å². The van der Waals surface area contributed by atoms with Gasteiger partial charge in [-0.1, -0.05) is 0 Å². The standard InChI is InChI=1S/C13H26O5Si2/c1-16-12(14)8-9-13(15)17-10-7-11-20(5,6)18-19(2,3)4/h8-9H,7,10-11H2,1-6H3/b9-8+. The van der Waals surface area contributed by atoms with Crippen LogP contribution < -0.4 is 0 Å². The molecule has 0 amide bonds. The van der Waals surface area contributed by atoms with Crippen molar-refractivity contribution in [1.29, 1.82) is 0 Å². The highest BCUT2D eigenvalue weighted by Crippen LogP contribution is 2.19. The maximum Gasteiger partial charge on any atom is 0.331 e. The maximum atomic E-state index is 11.3. The molecular formula is C13H26O5Si2. The van der Waals surface area contributed by atoms with Crippen LogP contribution in [-0.2, 0) is 23.2 Å². The molecule has 0 rings (SSSR count). The molecule has 0 aliphatic rings. The number of rotatable bonds is 8. The summed E-state index contributed by atoms with van der Waals surface area (Å²) in [5.41, 5.74) is 0. The Morgan fingerprint density at radius 1 is 1.00 bits per heavy atom. The summed E-state index contributed by atoms with van der Waals surface area (Å²) in [6, 6.07) is 0.950. The Labute approximate surface area is 123 Å². The van der Waals surface area contributed by atoms with Crippen molar-refractivity contribution < 1.29 is 23.2 Å². The fourth-order valence-electron chi connectivity index (χ4n) is 1.80. The summed E-state index contributed by atoms with van der Waals surface area (Å²) in [5.74, 6) is -1.10. The minimum atomic E-state index is -1.67. The van der Waals surface area contributed by atoms with Crippen LogP contribution in [0.15, 0.2) is 12.2 Å². The molecule has 0 N–H and O–H groups in total. The average molecular weight is 319 g/mol. The summed E-state index contributed by atoms with van der Waals surface area (Å²) < 4.78 is 15.6. The van der Waals surface area contributed by atoms with Gasteiger partial charge in [-0.25, -0.2) is 9.59 Å². The fourth-order valence-corrected chi connectivity index (χ4v) is 9.84. The summed E-state index contributed by atoms with van der Waals surface area (Å²) >= 11 is 0. The average Bonchev–Trinajstić information content (AvgIpc) is 2.28. The Morgan fingerprint density at radius 3 is 2.05 bits per heavy atom. The zero-order chi connectivity index (χ0) is 15.8. The molecule has 20 heavy (non-hydrogen) atoms. The van der Waals surface area contributed by atoms with E-state index < -0.39 is 28.6 Å². The molecule has 0 bridgehead atoms. The predicted molar refractivity (Wildman–Crippen MR) is 83.5 cm³/mol. The molecular weight excluding hydrogens is 292 g/mol. The van der Waals surface area contributed by atoms with E-state index in [0.717, 1.165) is 24.6 Å². The number of methoxy groups -OCH3 is 1. The quantitative estimate of drug-likeness (QED) is 0.298. The Balaban J connectivity index is 3.94. The lowest BCUT2D eigenvalue weighted by molar-refractivity contribution is -0.139. The van der Waals surface area contributed by atoms with Gasteiger partial charge in [0.2, 0.25) is 0 Å². The molecule has 116 valence electrons. The van der Waals surface area contributed by atoms with Gasteiger partial charge in [-0.05, 0) is 45.2 Å². The first kappa shape index (κ1) is 19.1. The third-order valence-electron chi connectivity index (χ3n) is 2.31. The topological polar surface area (TPSA) is 61.8 Å². The van der Waals surface area contributed by atoms with Gasteiger partial charge in [-0.2, -0.15) is 0 Å². The monoisotopic (exact) mass is 318 g/mol. The first-order chi connectivity index (χ1) is 9.06. The van der Waals surface area contributed by atoms with Crippen LogP contribution in [0.25, 0.3) is 0 Å². The van der Waals surface area contributed by atoms with Gasteiger partial charge in [0.05, 0.1) is 13.7 Å². The lowest BCUT2D eigenvalue weighted by Gasteiger charge is -2.31. The van der Waals surface area contributed by atoms with Crippen molar-refractivity contribution in [2.75, 3.05) is 13.7 Å². The number of hydrogen-bond donors (Lipinski definition) is 0. The van der Waals surface area contributed by atoms with Gasteiger partial charge >= 0.3 is 11.9 Å². The van der Waals surface area contributed by atoms with Crippen molar-refractivity contribution in [2.45, 2.75) is 45.2 Å². The van der Waals surface area contributed by atoms with E-state index in [4.69, 9.17) is 8.85 Å². The first-order valence-corrected chi connectivity index (χ1v) is 13.2. The smallest absolute Gasteiger partial charge is 0.331 e. The fraction of sp³-hybridized carbons (Fsp3) is 0.692. The number of carbonyl (C=O) groups is 2. The van der Waals surface area contributed by atoms with E-state index in [1.165, 1.54) is 7.11 Å². The Hall–Kier alpha value is -0.926. The van der Waals surface area contributed by atoms with Gasteiger partial charge in [0, 0.05) is 12.2 Å². The van der Waals surface area contributed by atoms with Crippen molar-refractivity contribution in [3.63, 3.8) is 0 Å². The van der Waals surface area contributed by atoms with Crippen LogP contribution in [0.3, 0.4) is 0 Å². The second-order valence-electron chi connectivity index (χ2n) is 6.10. The Bertz CT molecular complexity index is 358. The van der Waals surface area contributed by atoms with E-state index in [9.17, 15) is 9.59 Å². The lowest BCUT2D eigenvalue weighted by atomic mass is 10.5. The normalized spacial score (nSPS) is 12.5. The molecule has 0 saturated carbocycles. The van der Waals surface area contributed by atoms with Gasteiger partial charge in [0.25, 0.3) is 0 Å². The minimum Gasteiger partial charge on any atom is -0.466 e. The SMILES string of the molecule is COC(=O)/C=C/C(=O)OCCC[Si](C)(C)O[Si](C)(C)C. The van der Waals surface area contributed by atoms with E-state index in [2.05, 4.69) is 37.5 Å². The molecule has 0 unspecified atom stereocenters. The third-order valence-corrected chi connectivity index (χ3v) is 8.52. The van der Waals surface area contributed by atoms with Gasteiger partial charge in [-0.15, -0.1) is 0 Å². The molecule has 0 radical (unpaired) electrons. The Morgan fingerprint density at radius 2 is 1.55 bits per heavy atom. The molecule has 7 heteroatoms. The van der Waals surface area contributed by atoms with Gasteiger partial charge in [0.15, 0.2) is 16.6 Å². The van der Waals surface area contributed by atoms with Crippen LogP contribution in [0.1, 0.15) is 6.42 Å². The second-order valence-corrected chi connectivity index (χ2v) is 15.2. The lowest BCUT2D eigenvalue weighted by Crippen LogP contribution is -2.42. The van der Waals surface area contributed by atoms with Crippen LogP contribution >= 0.6 is 0 Å². The second kappa shape index (κ2) is 8.38. The highest BCUT2D eigenvalue weighted by molar-refractivity contribution is 6.84. The number of hydrogen-bond acceptors (Lipinski definition) is 5. The summed E-state index contributed by atoms with van der Waals surface area (Å²) in [5, 5.41) is 0. The molecule has 0 spiro atoms. The van der Waals surface area contributed by atoms with Crippen molar-refractivity contribution in [3.8, 4) is 0 Å². The number of ether oxygens (including phenoxy) is 2. The van der Waals surface area contributed by atoms with Crippen LogP contribution in [0.2, 0.25) is 38.8 Å². The molecule has 0 aromatic carbocycles. The maximum absolute atomic E-state index is 11.3. The minimum absolute atomic E-state index is 0.343. The van der Waals surface area contributed by atoms with E-state index in [1.54, 1.807) is 0 Å². The summed E-state index contributed by atoms with van der Waals surface area (Å²) in [7, 11) is -1.93. The molecule has 0 aliphatic carbocycles. The summed E-state index contributed by atoms with van der Waals surface area (Å²) in [6.45, 7) is 11.3. The van der Waals surface area contributed by atoms with E-state index >= 15 is 0 Å². The van der Waals surface area contributed by atoms with Gasteiger partial charge in [0.1, 0.15) is 0 Å². The van der Waals surface area contributed by atoms with Crippen molar-refractivity contribution in [3.05, 3.63) is 12.2 Å². The van der Waals surface area contributed by atoms with Crippen LogP contribution in [0.5, 0.6) is 0 Å². The molecule has 0 heterocycles. The molecule has 0 fully saturated rings. The molecule has 5 nitrogen and oxygen atoms in total. The zero-order valence-corrected chi connectivity index (χ0v) is 15.3. The highest BCUT2D eigenvalue weighted by atomic mass is 28.4. The summed E-state index contributed by atoms with van der Waals surface area (Å²) in [4.78, 5) is 22.1. The van der Waals surface area contributed by atoms with E-state index in [-0.39, 0.29) is 0 Å². The largest absolute Gasteiger partial charge is 0.466 e. The van der Waals surface area contributed by atoms with Gasteiger partial charge in [-0.3, -0.25) is 0 Å². The van der Waals surface area contributed by atoms with Crippen LogP contribution in [0, 0.1) is 0 Å². The Kier molecular flexibility index (Phi) is 7.99. The molecule has 0 aromatic heterocycles. The number of carbonyl (C=O) groups excluding carboxylic acids is 2. The van der Waals surface area contributed by atoms with Crippen molar-refractivity contribution >= 4 is 28.6 Å². The molecule has 0 saturated heterocycles. The van der Waals surface area contributed by atoms with Crippen molar-refractivity contribution in [1.82, 2.24) is 0 Å². The van der Waals surface area contributed by atoms with Crippen LogP contribution in [0.4, 0.5) is 0 Å². The predicted octanol–water partition coefficient (Wildman–Crippen LogP) is 2.71. The van der Waals surface area contributed by atoms with E-state index in [0.29, 0.717) is 6.61 Å². The molecule has 0 atom stereocenters. The van der Waals surface area contributed by atoms with E-state index in [1.807, 2.05) is 0 Å². The number of esters is 2. The first-order valence-electron chi connectivity index (χ1n) is 6.69. The van der Waals surface area contributed by atoms with Crippen molar-refractivity contribution in [2.24, 2.45) is 0 Å². The molecule has 0 aliphatic heterocycles. The highest BCUT2D eigenvalue weighted by Gasteiger charge is 2.28. The molecule has 0 aromatic rings.